The van der Waals surface area contributed by atoms with Gasteiger partial charge in [0, 0.05) is 11.6 Å². The summed E-state index contributed by atoms with van der Waals surface area (Å²) in [6.45, 7) is 0.0390. The third-order valence-electron chi connectivity index (χ3n) is 4.30. The fourth-order valence-electron chi connectivity index (χ4n) is 2.82. The van der Waals surface area contributed by atoms with E-state index in [-0.39, 0.29) is 23.6 Å². The maximum absolute atomic E-state index is 14.4. The van der Waals surface area contributed by atoms with Gasteiger partial charge in [0.15, 0.2) is 23.1 Å². The quantitative estimate of drug-likeness (QED) is 0.482. The number of nitrogens with zero attached hydrogens (tertiary/aromatic N) is 4. The van der Waals surface area contributed by atoms with Crippen molar-refractivity contribution < 1.29 is 18.3 Å². The summed E-state index contributed by atoms with van der Waals surface area (Å²) < 4.78 is 34.7. The van der Waals surface area contributed by atoms with Gasteiger partial charge in [-0.1, -0.05) is 29.8 Å². The molecule has 0 atom stereocenters. The molecule has 0 saturated heterocycles. The topological polar surface area (TPSA) is 81.9 Å². The molecule has 1 aromatic heterocycles. The van der Waals surface area contributed by atoms with Crippen LogP contribution in [0.25, 0.3) is 5.69 Å². The highest BCUT2D eigenvalue weighted by Crippen LogP contribution is 2.27. The van der Waals surface area contributed by atoms with Crippen LogP contribution in [0.1, 0.15) is 15.9 Å². The molecule has 7 nitrogen and oxygen atoms in total. The van der Waals surface area contributed by atoms with Crippen LogP contribution in [-0.2, 0) is 6.54 Å². The predicted molar refractivity (Wildman–Crippen MR) is 108 cm³/mol. The van der Waals surface area contributed by atoms with E-state index in [0.717, 1.165) is 0 Å². The van der Waals surface area contributed by atoms with Crippen molar-refractivity contribution in [2.24, 2.45) is 0 Å². The molecule has 10 heteroatoms. The van der Waals surface area contributed by atoms with Gasteiger partial charge in [-0.05, 0) is 58.5 Å². The van der Waals surface area contributed by atoms with E-state index < -0.39 is 17.5 Å². The van der Waals surface area contributed by atoms with Crippen molar-refractivity contribution in [3.63, 3.8) is 0 Å². The molecule has 4 rings (SSSR count). The zero-order chi connectivity index (χ0) is 21.8. The summed E-state index contributed by atoms with van der Waals surface area (Å²) in [5.41, 5.74) is 1.17. The number of halogens is 3. The summed E-state index contributed by atoms with van der Waals surface area (Å²) in [6, 6.07) is 14.6. The van der Waals surface area contributed by atoms with Gasteiger partial charge in [-0.2, -0.15) is 4.68 Å². The van der Waals surface area contributed by atoms with Crippen molar-refractivity contribution in [1.29, 1.82) is 0 Å². The minimum atomic E-state index is -0.688. The zero-order valence-electron chi connectivity index (χ0n) is 15.8. The zero-order valence-corrected chi connectivity index (χ0v) is 16.6. The van der Waals surface area contributed by atoms with Gasteiger partial charge in [-0.15, -0.1) is 5.10 Å². The molecule has 156 valence electrons. The van der Waals surface area contributed by atoms with Crippen molar-refractivity contribution in [3.05, 3.63) is 94.8 Å². The predicted octanol–water partition coefficient (Wildman–Crippen LogP) is 4.32. The number of para-hydroxylation sites is 1. The first-order valence-corrected chi connectivity index (χ1v) is 9.41. The molecule has 0 bridgehead atoms. The Morgan fingerprint density at radius 1 is 1.03 bits per heavy atom. The van der Waals surface area contributed by atoms with Crippen molar-refractivity contribution in [3.8, 4) is 17.2 Å². The van der Waals surface area contributed by atoms with E-state index in [0.29, 0.717) is 16.3 Å². The van der Waals surface area contributed by atoms with Crippen LogP contribution in [0.4, 0.5) is 8.78 Å². The molecule has 1 heterocycles. The summed E-state index contributed by atoms with van der Waals surface area (Å²) in [4.78, 5) is 12.7. The number of aromatic nitrogens is 4. The number of carbonyl (C=O) groups excluding carboxylic acids is 1. The molecule has 1 amide bonds. The summed E-state index contributed by atoms with van der Waals surface area (Å²) in [5.74, 6) is -1.94. The second kappa shape index (κ2) is 8.88. The van der Waals surface area contributed by atoms with Gasteiger partial charge in [0.2, 0.25) is 0 Å². The van der Waals surface area contributed by atoms with Crippen LogP contribution in [0.2, 0.25) is 5.02 Å². The molecule has 1 N–H and O–H groups in total. The van der Waals surface area contributed by atoms with Gasteiger partial charge in [-0.3, -0.25) is 4.79 Å². The van der Waals surface area contributed by atoms with E-state index in [1.54, 1.807) is 24.3 Å². The van der Waals surface area contributed by atoms with E-state index in [2.05, 4.69) is 20.8 Å². The molecule has 31 heavy (non-hydrogen) atoms. The average molecular weight is 442 g/mol. The molecule has 0 unspecified atom stereocenters. The van der Waals surface area contributed by atoms with Gasteiger partial charge in [-0.25, -0.2) is 8.78 Å². The van der Waals surface area contributed by atoms with Crippen LogP contribution >= 0.6 is 11.6 Å². The van der Waals surface area contributed by atoms with Crippen LogP contribution in [0.5, 0.6) is 11.5 Å². The Hall–Kier alpha value is -3.85. The molecule has 0 aliphatic rings. The number of hydrogen-bond donors (Lipinski definition) is 1. The first-order valence-electron chi connectivity index (χ1n) is 9.03. The van der Waals surface area contributed by atoms with Gasteiger partial charge in [0.25, 0.3) is 5.91 Å². The standard InChI is InChI=1S/C21H14ClF2N5O2/c22-14-6-7-18(29-12-26-27-28-29)15(10-14)21(30)25-11-13-5-8-20(17(24)9-13)31-19-4-2-1-3-16(19)23/h1-10,12H,11H2,(H,25,30). The van der Waals surface area contributed by atoms with Crippen LogP contribution in [-0.4, -0.2) is 26.1 Å². The number of nitrogens with one attached hydrogen (secondary N) is 1. The number of ether oxygens (including phenoxy) is 1. The Morgan fingerprint density at radius 3 is 2.58 bits per heavy atom. The Balaban J connectivity index is 1.48. The lowest BCUT2D eigenvalue weighted by Crippen LogP contribution is -2.24. The lowest BCUT2D eigenvalue weighted by molar-refractivity contribution is 0.0950. The molecule has 0 fully saturated rings. The summed E-state index contributed by atoms with van der Waals surface area (Å²) in [6.07, 6.45) is 1.35. The monoisotopic (exact) mass is 441 g/mol. The van der Waals surface area contributed by atoms with Crippen LogP contribution in [0.3, 0.4) is 0 Å². The molecule has 3 aromatic carbocycles. The maximum Gasteiger partial charge on any atom is 0.253 e. The third-order valence-corrected chi connectivity index (χ3v) is 4.54. The lowest BCUT2D eigenvalue weighted by Gasteiger charge is -2.11. The van der Waals surface area contributed by atoms with Gasteiger partial charge in [0.1, 0.15) is 6.33 Å². The van der Waals surface area contributed by atoms with E-state index in [9.17, 15) is 13.6 Å². The largest absolute Gasteiger partial charge is 0.451 e. The fourth-order valence-corrected chi connectivity index (χ4v) is 2.99. The molecule has 0 radical (unpaired) electrons. The molecule has 4 aromatic rings. The molecule has 0 aliphatic heterocycles. The van der Waals surface area contributed by atoms with Crippen molar-refractivity contribution >= 4 is 17.5 Å². The van der Waals surface area contributed by atoms with Crippen LogP contribution in [0.15, 0.2) is 67.0 Å². The SMILES string of the molecule is O=C(NCc1ccc(Oc2ccccc2F)c(F)c1)c1cc(Cl)ccc1-n1cnnn1. The van der Waals surface area contributed by atoms with Crippen molar-refractivity contribution in [2.45, 2.75) is 6.54 Å². The van der Waals surface area contributed by atoms with Gasteiger partial charge < -0.3 is 10.1 Å². The van der Waals surface area contributed by atoms with Crippen molar-refractivity contribution in [2.75, 3.05) is 0 Å². The number of amides is 1. The van der Waals surface area contributed by atoms with E-state index in [1.807, 2.05) is 0 Å². The molecule has 0 saturated carbocycles. The Morgan fingerprint density at radius 2 is 1.84 bits per heavy atom. The number of benzene rings is 3. The Labute approximate surface area is 180 Å². The first-order chi connectivity index (χ1) is 15.0. The summed E-state index contributed by atoms with van der Waals surface area (Å²) >= 11 is 6.02. The average Bonchev–Trinajstić information content (AvgIpc) is 3.30. The number of tetrazole rings is 1. The summed E-state index contributed by atoms with van der Waals surface area (Å²) in [5, 5.41) is 14.0. The Bertz CT molecular complexity index is 1230. The van der Waals surface area contributed by atoms with Gasteiger partial charge in [0.05, 0.1) is 11.3 Å². The van der Waals surface area contributed by atoms with E-state index in [1.165, 1.54) is 47.4 Å². The normalized spacial score (nSPS) is 10.7. The minimum absolute atomic E-state index is 0.0390. The van der Waals surface area contributed by atoms with Crippen LogP contribution < -0.4 is 10.1 Å². The highest BCUT2D eigenvalue weighted by Gasteiger charge is 2.15. The second-order valence-corrected chi connectivity index (χ2v) is 6.83. The van der Waals surface area contributed by atoms with Crippen molar-refractivity contribution in [1.82, 2.24) is 25.5 Å². The first kappa shape index (κ1) is 20.4. The smallest absolute Gasteiger partial charge is 0.253 e. The Kier molecular flexibility index (Phi) is 5.85. The molecular weight excluding hydrogens is 428 g/mol. The van der Waals surface area contributed by atoms with E-state index in [4.69, 9.17) is 16.3 Å². The number of hydrogen-bond acceptors (Lipinski definition) is 5. The lowest BCUT2D eigenvalue weighted by atomic mass is 10.1. The maximum atomic E-state index is 14.4. The number of carbonyl (C=O) groups is 1. The third kappa shape index (κ3) is 4.67. The minimum Gasteiger partial charge on any atom is -0.451 e. The summed E-state index contributed by atoms with van der Waals surface area (Å²) in [7, 11) is 0. The molecule has 0 spiro atoms. The highest BCUT2D eigenvalue weighted by atomic mass is 35.5. The second-order valence-electron chi connectivity index (χ2n) is 6.40. The molecular formula is C21H14ClF2N5O2. The fraction of sp³-hybridized carbons (Fsp3) is 0.0476. The van der Waals surface area contributed by atoms with Gasteiger partial charge >= 0.3 is 0 Å². The van der Waals surface area contributed by atoms with Crippen LogP contribution in [0, 0.1) is 11.6 Å². The van der Waals surface area contributed by atoms with E-state index >= 15 is 0 Å². The number of rotatable bonds is 6. The highest BCUT2D eigenvalue weighted by molar-refractivity contribution is 6.31. The molecule has 0 aliphatic carbocycles.